The quantitative estimate of drug-likeness (QED) is 0.354. The fourth-order valence-electron chi connectivity index (χ4n) is 4.04. The minimum Gasteiger partial charge on any atom is -0.310 e. The molecule has 4 aromatic rings. The molecule has 0 unspecified atom stereocenters. The van der Waals surface area contributed by atoms with Gasteiger partial charge < -0.3 is 4.90 Å². The number of allylic oxidation sites excluding steroid dienone is 1. The van der Waals surface area contributed by atoms with Crippen molar-refractivity contribution in [2.45, 2.75) is 13.3 Å². The van der Waals surface area contributed by atoms with E-state index in [1.54, 1.807) is 0 Å². The first-order valence-electron chi connectivity index (χ1n) is 10.1. The number of benzene rings is 4. The Morgan fingerprint density at radius 2 is 1.41 bits per heavy atom. The third-order valence-corrected chi connectivity index (χ3v) is 5.54. The Labute approximate surface area is 172 Å². The van der Waals surface area contributed by atoms with Gasteiger partial charge in [0.25, 0.3) is 0 Å². The number of fused-ring (bicyclic) bond motifs is 1. The summed E-state index contributed by atoms with van der Waals surface area (Å²) in [5.41, 5.74) is 10.0. The van der Waals surface area contributed by atoms with Gasteiger partial charge in [-0.15, -0.1) is 0 Å². The van der Waals surface area contributed by atoms with E-state index in [4.69, 9.17) is 0 Å². The van der Waals surface area contributed by atoms with Gasteiger partial charge in [0, 0.05) is 16.9 Å². The Kier molecular flexibility index (Phi) is 4.50. The van der Waals surface area contributed by atoms with Gasteiger partial charge in [-0.05, 0) is 60.4 Å². The average molecular weight is 373 g/mol. The molecule has 29 heavy (non-hydrogen) atoms. The van der Waals surface area contributed by atoms with Gasteiger partial charge in [0.05, 0.1) is 5.69 Å². The van der Waals surface area contributed by atoms with Crippen molar-refractivity contribution in [3.8, 4) is 11.1 Å². The minimum absolute atomic E-state index is 1.01. The van der Waals surface area contributed by atoms with E-state index >= 15 is 0 Å². The molecule has 0 heterocycles. The Hall–Kier alpha value is -3.58. The van der Waals surface area contributed by atoms with Crippen LogP contribution in [0, 0.1) is 6.92 Å². The van der Waals surface area contributed by atoms with Crippen LogP contribution >= 0.6 is 0 Å². The highest BCUT2D eigenvalue weighted by molar-refractivity contribution is 5.86. The van der Waals surface area contributed by atoms with E-state index in [0.717, 1.165) is 6.42 Å². The molecule has 0 saturated carbocycles. The van der Waals surface area contributed by atoms with Gasteiger partial charge in [-0.3, -0.25) is 0 Å². The summed E-state index contributed by atoms with van der Waals surface area (Å²) in [6.45, 7) is 2.13. The van der Waals surface area contributed by atoms with Crippen molar-refractivity contribution in [1.82, 2.24) is 0 Å². The molecule has 1 nitrogen and oxygen atoms in total. The first kappa shape index (κ1) is 17.5. The van der Waals surface area contributed by atoms with Gasteiger partial charge >= 0.3 is 0 Å². The Balaban J connectivity index is 1.69. The molecular formula is C28H23N. The summed E-state index contributed by atoms with van der Waals surface area (Å²) in [5.74, 6) is 0. The highest BCUT2D eigenvalue weighted by Crippen LogP contribution is 2.40. The number of anilines is 3. The molecule has 1 aliphatic rings. The molecule has 0 radical (unpaired) electrons. The van der Waals surface area contributed by atoms with Crippen molar-refractivity contribution in [3.63, 3.8) is 0 Å². The van der Waals surface area contributed by atoms with E-state index in [9.17, 15) is 0 Å². The standard InChI is InChI=1S/C28H23N/c1-21-16-18-25(19-17-21)29(28-15-7-11-23-10-6-14-27(23)28)26-13-5-12-24(20-26)22-8-3-2-4-9-22/h2-9,11-20H,10H2,1H3. The molecule has 1 heteroatoms. The van der Waals surface area contributed by atoms with Crippen LogP contribution in [0.1, 0.15) is 16.7 Å². The molecule has 0 atom stereocenters. The number of rotatable bonds is 4. The van der Waals surface area contributed by atoms with Crippen molar-refractivity contribution in [1.29, 1.82) is 0 Å². The molecule has 0 amide bonds. The van der Waals surface area contributed by atoms with E-state index < -0.39 is 0 Å². The van der Waals surface area contributed by atoms with Crippen LogP contribution in [-0.4, -0.2) is 0 Å². The third-order valence-electron chi connectivity index (χ3n) is 5.54. The second kappa shape index (κ2) is 7.44. The van der Waals surface area contributed by atoms with Crippen LogP contribution in [0.2, 0.25) is 0 Å². The summed E-state index contributed by atoms with van der Waals surface area (Å²) in [6, 6.07) is 34.8. The fraction of sp³-hybridized carbons (Fsp3) is 0.0714. The number of nitrogens with zero attached hydrogens (tertiary/aromatic N) is 1. The molecule has 4 aromatic carbocycles. The fourth-order valence-corrected chi connectivity index (χ4v) is 4.04. The summed E-state index contributed by atoms with van der Waals surface area (Å²) in [4.78, 5) is 2.38. The van der Waals surface area contributed by atoms with E-state index in [2.05, 4.69) is 121 Å². The average Bonchev–Trinajstić information content (AvgIpc) is 3.26. The lowest BCUT2D eigenvalue weighted by molar-refractivity contribution is 1.24. The summed E-state index contributed by atoms with van der Waals surface area (Å²) < 4.78 is 0. The first-order valence-corrected chi connectivity index (χ1v) is 10.1. The van der Waals surface area contributed by atoms with E-state index in [0.29, 0.717) is 0 Å². The van der Waals surface area contributed by atoms with Gasteiger partial charge in [0.1, 0.15) is 0 Å². The van der Waals surface area contributed by atoms with E-state index in [-0.39, 0.29) is 0 Å². The summed E-state index contributed by atoms with van der Waals surface area (Å²) in [6.07, 6.45) is 5.52. The van der Waals surface area contributed by atoms with Crippen molar-refractivity contribution in [2.24, 2.45) is 0 Å². The molecule has 0 N–H and O–H groups in total. The normalized spacial score (nSPS) is 12.0. The zero-order valence-corrected chi connectivity index (χ0v) is 16.5. The first-order chi connectivity index (χ1) is 14.3. The lowest BCUT2D eigenvalue weighted by Gasteiger charge is -2.28. The van der Waals surface area contributed by atoms with Crippen LogP contribution in [0.4, 0.5) is 17.1 Å². The molecule has 1 aliphatic carbocycles. The highest BCUT2D eigenvalue weighted by Gasteiger charge is 2.19. The minimum atomic E-state index is 1.01. The predicted octanol–water partition coefficient (Wildman–Crippen LogP) is 7.70. The van der Waals surface area contributed by atoms with Crippen LogP contribution in [0.5, 0.6) is 0 Å². The highest BCUT2D eigenvalue weighted by atomic mass is 15.1. The largest absolute Gasteiger partial charge is 0.310 e. The van der Waals surface area contributed by atoms with Crippen molar-refractivity contribution < 1.29 is 0 Å². The molecule has 0 aromatic heterocycles. The van der Waals surface area contributed by atoms with E-state index in [1.165, 1.54) is 44.9 Å². The lowest BCUT2D eigenvalue weighted by atomic mass is 10.0. The van der Waals surface area contributed by atoms with Crippen molar-refractivity contribution in [2.75, 3.05) is 4.90 Å². The summed E-state index contributed by atoms with van der Waals surface area (Å²) in [7, 11) is 0. The number of aryl methyl sites for hydroxylation is 1. The summed E-state index contributed by atoms with van der Waals surface area (Å²) >= 11 is 0. The Morgan fingerprint density at radius 3 is 2.24 bits per heavy atom. The van der Waals surface area contributed by atoms with Crippen LogP contribution in [0.3, 0.4) is 0 Å². The zero-order chi connectivity index (χ0) is 19.6. The van der Waals surface area contributed by atoms with Gasteiger partial charge in [-0.1, -0.05) is 84.4 Å². The number of hydrogen-bond donors (Lipinski definition) is 0. The molecule has 0 bridgehead atoms. The topological polar surface area (TPSA) is 3.24 Å². The van der Waals surface area contributed by atoms with E-state index in [1.807, 2.05) is 0 Å². The smallest absolute Gasteiger partial charge is 0.0536 e. The lowest BCUT2D eigenvalue weighted by Crippen LogP contribution is -2.11. The SMILES string of the molecule is Cc1ccc(N(c2cccc(-c3ccccc3)c2)c2cccc3c2C=CC3)cc1. The maximum atomic E-state index is 2.38. The zero-order valence-electron chi connectivity index (χ0n) is 16.5. The van der Waals surface area contributed by atoms with Gasteiger partial charge in [0.15, 0.2) is 0 Å². The molecule has 0 aliphatic heterocycles. The Morgan fingerprint density at radius 1 is 0.655 bits per heavy atom. The molecule has 0 saturated heterocycles. The maximum Gasteiger partial charge on any atom is 0.0536 e. The number of hydrogen-bond acceptors (Lipinski definition) is 1. The molecule has 0 fully saturated rings. The van der Waals surface area contributed by atoms with Crippen molar-refractivity contribution in [3.05, 3.63) is 120 Å². The monoisotopic (exact) mass is 373 g/mol. The van der Waals surface area contributed by atoms with Crippen LogP contribution in [0.25, 0.3) is 17.2 Å². The predicted molar refractivity (Wildman–Crippen MR) is 124 cm³/mol. The molecule has 5 rings (SSSR count). The molecule has 140 valence electrons. The summed E-state index contributed by atoms with van der Waals surface area (Å²) in [5, 5.41) is 0. The van der Waals surface area contributed by atoms with Gasteiger partial charge in [-0.2, -0.15) is 0 Å². The second-order valence-electron chi connectivity index (χ2n) is 7.54. The van der Waals surface area contributed by atoms with Crippen LogP contribution in [-0.2, 0) is 6.42 Å². The van der Waals surface area contributed by atoms with Gasteiger partial charge in [-0.25, -0.2) is 0 Å². The van der Waals surface area contributed by atoms with Crippen molar-refractivity contribution >= 4 is 23.1 Å². The van der Waals surface area contributed by atoms with Crippen LogP contribution in [0.15, 0.2) is 103 Å². The van der Waals surface area contributed by atoms with Crippen LogP contribution < -0.4 is 4.90 Å². The Bertz CT molecular complexity index is 1170. The maximum absolute atomic E-state index is 2.38. The molecular weight excluding hydrogens is 350 g/mol. The van der Waals surface area contributed by atoms with Gasteiger partial charge in [0.2, 0.25) is 0 Å². The second-order valence-corrected chi connectivity index (χ2v) is 7.54. The third kappa shape index (κ3) is 3.36. The molecule has 0 spiro atoms.